The van der Waals surface area contributed by atoms with Crippen LogP contribution in [0.1, 0.15) is 36.9 Å². The number of hydrogen-bond acceptors (Lipinski definition) is 5. The number of hydrogen-bond donors (Lipinski definition) is 2. The van der Waals surface area contributed by atoms with Gasteiger partial charge in [-0.1, -0.05) is 29.8 Å². The molecule has 2 saturated heterocycles. The minimum absolute atomic E-state index is 0. The molecule has 0 aliphatic carbocycles. The fourth-order valence-electron chi connectivity index (χ4n) is 4.14. The molecule has 32 heavy (non-hydrogen) atoms. The Bertz CT molecular complexity index is 717. The lowest BCUT2D eigenvalue weighted by molar-refractivity contribution is 0.0170. The second-order valence-corrected chi connectivity index (χ2v) is 8.13. The summed E-state index contributed by atoms with van der Waals surface area (Å²) in [5.41, 5.74) is 2.57. The normalized spacial score (nSPS) is 19.1. The Hall–Kier alpha value is -1.59. The number of likely N-dealkylation sites (tertiary alicyclic amines) is 1. The van der Waals surface area contributed by atoms with E-state index in [1.807, 2.05) is 6.92 Å². The number of guanidine groups is 1. The molecule has 1 amide bonds. The molecule has 2 fully saturated rings. The number of benzene rings is 1. The van der Waals surface area contributed by atoms with Crippen molar-refractivity contribution < 1.29 is 14.3 Å². The molecule has 1 aromatic rings. The molecule has 2 aliphatic heterocycles. The Morgan fingerprint density at radius 3 is 2.44 bits per heavy atom. The van der Waals surface area contributed by atoms with E-state index >= 15 is 0 Å². The molecule has 1 unspecified atom stereocenters. The lowest BCUT2D eigenvalue weighted by Gasteiger charge is -2.36. The number of carbonyl (C=O) groups is 1. The maximum atomic E-state index is 11.9. The first-order valence-corrected chi connectivity index (χ1v) is 11.4. The summed E-state index contributed by atoms with van der Waals surface area (Å²) in [6.45, 7) is 9.94. The quantitative estimate of drug-likeness (QED) is 0.317. The molecule has 0 bridgehead atoms. The van der Waals surface area contributed by atoms with Crippen LogP contribution in [0.5, 0.6) is 0 Å². The van der Waals surface area contributed by atoms with E-state index in [2.05, 4.69) is 51.7 Å². The molecule has 2 aliphatic rings. The molecule has 0 radical (unpaired) electrons. The predicted octanol–water partition coefficient (Wildman–Crippen LogP) is 2.77. The van der Waals surface area contributed by atoms with Crippen LogP contribution in [0.2, 0.25) is 0 Å². The summed E-state index contributed by atoms with van der Waals surface area (Å²) in [5.74, 6) is 0.806. The number of piperidine rings is 1. The molecule has 0 spiro atoms. The molecule has 180 valence electrons. The van der Waals surface area contributed by atoms with Crippen LogP contribution in [0, 0.1) is 6.92 Å². The second kappa shape index (κ2) is 13.8. The fourth-order valence-corrected chi connectivity index (χ4v) is 4.14. The van der Waals surface area contributed by atoms with Crippen LogP contribution in [0.15, 0.2) is 29.3 Å². The van der Waals surface area contributed by atoms with Gasteiger partial charge in [0.15, 0.2) is 5.96 Å². The fraction of sp³-hybridized carbons (Fsp3) is 0.652. The molecule has 9 heteroatoms. The highest BCUT2D eigenvalue weighted by Crippen LogP contribution is 2.22. The van der Waals surface area contributed by atoms with Crippen molar-refractivity contribution in [3.8, 4) is 0 Å². The van der Waals surface area contributed by atoms with Gasteiger partial charge in [0.05, 0.1) is 25.9 Å². The molecule has 1 atom stereocenters. The van der Waals surface area contributed by atoms with Crippen LogP contribution in [0.3, 0.4) is 0 Å². The Morgan fingerprint density at radius 2 is 1.84 bits per heavy atom. The van der Waals surface area contributed by atoms with Gasteiger partial charge in [-0.25, -0.2) is 4.79 Å². The summed E-state index contributed by atoms with van der Waals surface area (Å²) in [7, 11) is 1.80. The number of rotatable bonds is 6. The molecule has 2 N–H and O–H groups in total. The van der Waals surface area contributed by atoms with E-state index in [1.165, 1.54) is 11.1 Å². The summed E-state index contributed by atoms with van der Waals surface area (Å²) in [5, 5.41) is 7.07. The molecule has 2 heterocycles. The molecular weight excluding hydrogens is 521 g/mol. The second-order valence-electron chi connectivity index (χ2n) is 8.13. The number of amides is 1. The standard InChI is InChI=1S/C23H37N5O3.HI/c1-4-31-23(29)28-11-9-20(10-12-28)26-22(24-3)25-17-21(27-13-15-30-16-14-27)19-7-5-18(2)6-8-19;/h5-8,20-21H,4,9-17H2,1-3H3,(H2,24,25,26);1H. The molecular formula is C23H38IN5O3. The van der Waals surface area contributed by atoms with Gasteiger partial charge in [-0.05, 0) is 32.3 Å². The molecule has 3 rings (SSSR count). The average Bonchev–Trinajstić information content (AvgIpc) is 2.81. The average molecular weight is 559 g/mol. The topological polar surface area (TPSA) is 78.4 Å². The third-order valence-electron chi connectivity index (χ3n) is 6.00. The van der Waals surface area contributed by atoms with Crippen LogP contribution < -0.4 is 10.6 Å². The van der Waals surface area contributed by atoms with E-state index in [1.54, 1.807) is 11.9 Å². The summed E-state index contributed by atoms with van der Waals surface area (Å²) in [6.07, 6.45) is 1.55. The highest BCUT2D eigenvalue weighted by molar-refractivity contribution is 14.0. The van der Waals surface area contributed by atoms with Crippen molar-refractivity contribution >= 4 is 36.0 Å². The largest absolute Gasteiger partial charge is 0.450 e. The number of halogens is 1. The molecule has 0 aromatic heterocycles. The van der Waals surface area contributed by atoms with E-state index in [0.717, 1.165) is 51.6 Å². The van der Waals surface area contributed by atoms with E-state index in [-0.39, 0.29) is 42.2 Å². The molecule has 8 nitrogen and oxygen atoms in total. The SMILES string of the molecule is CCOC(=O)N1CCC(NC(=NC)NCC(c2ccc(C)cc2)N2CCOCC2)CC1.I. The predicted molar refractivity (Wildman–Crippen MR) is 138 cm³/mol. The van der Waals surface area contributed by atoms with Crippen LogP contribution in [-0.2, 0) is 9.47 Å². The van der Waals surface area contributed by atoms with Crippen molar-refractivity contribution in [2.24, 2.45) is 4.99 Å². The van der Waals surface area contributed by atoms with Gasteiger partial charge in [-0.2, -0.15) is 0 Å². The minimum atomic E-state index is -0.213. The number of aryl methyl sites for hydroxylation is 1. The maximum absolute atomic E-state index is 11.9. The zero-order chi connectivity index (χ0) is 22.1. The number of nitrogens with zero attached hydrogens (tertiary/aromatic N) is 3. The maximum Gasteiger partial charge on any atom is 0.409 e. The van der Waals surface area contributed by atoms with Crippen molar-refractivity contribution in [3.63, 3.8) is 0 Å². The highest BCUT2D eigenvalue weighted by atomic mass is 127. The third kappa shape index (κ3) is 7.77. The van der Waals surface area contributed by atoms with Crippen molar-refractivity contribution in [2.75, 3.05) is 59.6 Å². The first kappa shape index (κ1) is 26.7. The van der Waals surface area contributed by atoms with Gasteiger partial charge in [-0.15, -0.1) is 24.0 Å². The van der Waals surface area contributed by atoms with Crippen LogP contribution >= 0.6 is 24.0 Å². The van der Waals surface area contributed by atoms with Crippen molar-refractivity contribution in [3.05, 3.63) is 35.4 Å². The lowest BCUT2D eigenvalue weighted by atomic mass is 10.0. The lowest BCUT2D eigenvalue weighted by Crippen LogP contribution is -2.51. The first-order chi connectivity index (χ1) is 15.1. The van der Waals surface area contributed by atoms with E-state index in [4.69, 9.17) is 9.47 Å². The van der Waals surface area contributed by atoms with Crippen LogP contribution in [-0.4, -0.2) is 87.5 Å². The van der Waals surface area contributed by atoms with E-state index in [9.17, 15) is 4.79 Å². The van der Waals surface area contributed by atoms with Gasteiger partial charge in [0.25, 0.3) is 0 Å². The van der Waals surface area contributed by atoms with Gasteiger partial charge in [0, 0.05) is 45.8 Å². The molecule has 1 aromatic carbocycles. The number of morpholine rings is 1. The van der Waals surface area contributed by atoms with Gasteiger partial charge >= 0.3 is 6.09 Å². The van der Waals surface area contributed by atoms with Crippen LogP contribution in [0.4, 0.5) is 4.79 Å². The summed E-state index contributed by atoms with van der Waals surface area (Å²) in [6, 6.07) is 9.34. The summed E-state index contributed by atoms with van der Waals surface area (Å²) >= 11 is 0. The Morgan fingerprint density at radius 1 is 1.19 bits per heavy atom. The number of carbonyl (C=O) groups excluding carboxylic acids is 1. The highest BCUT2D eigenvalue weighted by Gasteiger charge is 2.26. The van der Waals surface area contributed by atoms with Crippen molar-refractivity contribution in [1.82, 2.24) is 20.4 Å². The van der Waals surface area contributed by atoms with Gasteiger partial charge < -0.3 is 25.0 Å². The first-order valence-electron chi connectivity index (χ1n) is 11.4. The third-order valence-corrected chi connectivity index (χ3v) is 6.00. The Labute approximate surface area is 209 Å². The zero-order valence-corrected chi connectivity index (χ0v) is 21.8. The van der Waals surface area contributed by atoms with Crippen molar-refractivity contribution in [2.45, 2.75) is 38.8 Å². The van der Waals surface area contributed by atoms with Gasteiger partial charge in [-0.3, -0.25) is 9.89 Å². The minimum Gasteiger partial charge on any atom is -0.450 e. The monoisotopic (exact) mass is 559 g/mol. The van der Waals surface area contributed by atoms with Crippen molar-refractivity contribution in [1.29, 1.82) is 0 Å². The Kier molecular flexibility index (Phi) is 11.5. The summed E-state index contributed by atoms with van der Waals surface area (Å²) in [4.78, 5) is 20.6. The summed E-state index contributed by atoms with van der Waals surface area (Å²) < 4.78 is 10.7. The van der Waals surface area contributed by atoms with E-state index < -0.39 is 0 Å². The van der Waals surface area contributed by atoms with Crippen LogP contribution in [0.25, 0.3) is 0 Å². The number of aliphatic imine (C=N–C) groups is 1. The van der Waals surface area contributed by atoms with E-state index in [0.29, 0.717) is 19.7 Å². The smallest absolute Gasteiger partial charge is 0.409 e. The van der Waals surface area contributed by atoms with Gasteiger partial charge in [0.1, 0.15) is 0 Å². The van der Waals surface area contributed by atoms with Gasteiger partial charge in [0.2, 0.25) is 0 Å². The Balaban J connectivity index is 0.00000363. The molecule has 0 saturated carbocycles. The number of nitrogens with one attached hydrogen (secondary N) is 2. The number of ether oxygens (including phenoxy) is 2. The zero-order valence-electron chi connectivity index (χ0n) is 19.5.